The summed E-state index contributed by atoms with van der Waals surface area (Å²) in [7, 11) is 0. The summed E-state index contributed by atoms with van der Waals surface area (Å²) in [4.78, 5) is 2.94. The summed E-state index contributed by atoms with van der Waals surface area (Å²) < 4.78 is 1.83. The summed E-state index contributed by atoms with van der Waals surface area (Å²) in [5, 5.41) is 3.29. The van der Waals surface area contributed by atoms with Gasteiger partial charge in [0.2, 0.25) is 4.77 Å². The van der Waals surface area contributed by atoms with Gasteiger partial charge < -0.3 is 4.98 Å². The van der Waals surface area contributed by atoms with Crippen LogP contribution in [0, 0.1) is 10.3 Å². The molecule has 2 aromatic rings. The minimum Gasteiger partial charge on any atom is -0.329 e. The lowest BCUT2D eigenvalue weighted by molar-refractivity contribution is 0.777. The van der Waals surface area contributed by atoms with Crippen LogP contribution in [0.4, 0.5) is 0 Å². The zero-order chi connectivity index (χ0) is 8.55. The van der Waals surface area contributed by atoms with Gasteiger partial charge in [-0.1, -0.05) is 17.4 Å². The van der Waals surface area contributed by atoms with Gasteiger partial charge in [-0.05, 0) is 24.4 Å². The third-order valence-corrected chi connectivity index (χ3v) is 1.94. The van der Waals surface area contributed by atoms with E-state index in [1.54, 1.807) is 0 Å². The summed E-state index contributed by atoms with van der Waals surface area (Å²) in [6, 6.07) is 7.54. The largest absolute Gasteiger partial charge is 0.329 e. The number of hydrogen-bond donors (Lipinski definition) is 2. The molecule has 2 N–H and O–H groups in total. The smallest absolute Gasteiger partial charge is 0.200 e. The van der Waals surface area contributed by atoms with E-state index in [1.165, 1.54) is 4.68 Å². The van der Waals surface area contributed by atoms with Crippen LogP contribution in [-0.4, -0.2) is 9.66 Å². The Morgan fingerprint density at radius 3 is 2.92 bits per heavy atom. The molecule has 4 nitrogen and oxygen atoms in total. The highest BCUT2D eigenvalue weighted by Gasteiger charge is 2.00. The molecule has 0 aliphatic carbocycles. The quantitative estimate of drug-likeness (QED) is 0.511. The molecule has 0 aliphatic rings. The fourth-order valence-electron chi connectivity index (χ4n) is 1.14. The van der Waals surface area contributed by atoms with Crippen molar-refractivity contribution in [3.63, 3.8) is 0 Å². The second kappa shape index (κ2) is 2.53. The molecule has 12 heavy (non-hydrogen) atoms. The molecule has 1 aromatic carbocycles. The first kappa shape index (κ1) is 7.17. The number of hydrogen-bond acceptors (Lipinski definition) is 3. The van der Waals surface area contributed by atoms with Gasteiger partial charge in [0.05, 0.1) is 11.0 Å². The van der Waals surface area contributed by atoms with Crippen LogP contribution >= 0.6 is 12.2 Å². The van der Waals surface area contributed by atoms with E-state index in [2.05, 4.69) is 10.2 Å². The van der Waals surface area contributed by atoms with Crippen molar-refractivity contribution in [1.82, 2.24) is 9.66 Å². The van der Waals surface area contributed by atoms with Crippen LogP contribution in [0.15, 0.2) is 29.5 Å². The molecular formula is C7H6N4S. The van der Waals surface area contributed by atoms with Gasteiger partial charge >= 0.3 is 0 Å². The SMILES string of the molecule is N=Nn1c(=S)[nH]c2ccccc21. The summed E-state index contributed by atoms with van der Waals surface area (Å²) in [6.45, 7) is 0. The van der Waals surface area contributed by atoms with Crippen molar-refractivity contribution in [2.75, 3.05) is 0 Å². The average Bonchev–Trinajstić information content (AvgIpc) is 2.40. The first-order valence-electron chi connectivity index (χ1n) is 3.40. The van der Waals surface area contributed by atoms with Crippen molar-refractivity contribution in [3.05, 3.63) is 29.0 Å². The Balaban J connectivity index is 3.00. The molecule has 0 saturated carbocycles. The topological polar surface area (TPSA) is 56.9 Å². The Morgan fingerprint density at radius 2 is 2.17 bits per heavy atom. The minimum absolute atomic E-state index is 0.450. The van der Waals surface area contributed by atoms with E-state index in [9.17, 15) is 0 Å². The Bertz CT molecular complexity index is 481. The van der Waals surface area contributed by atoms with E-state index >= 15 is 0 Å². The molecule has 0 atom stereocenters. The highest BCUT2D eigenvalue weighted by Crippen LogP contribution is 2.12. The molecule has 1 heterocycles. The van der Waals surface area contributed by atoms with E-state index < -0.39 is 0 Å². The molecule has 0 amide bonds. The van der Waals surface area contributed by atoms with Crippen LogP contribution in [-0.2, 0) is 0 Å². The third-order valence-electron chi connectivity index (χ3n) is 1.67. The van der Waals surface area contributed by atoms with E-state index in [0.29, 0.717) is 4.77 Å². The van der Waals surface area contributed by atoms with Crippen molar-refractivity contribution in [2.24, 2.45) is 5.22 Å². The average molecular weight is 178 g/mol. The fraction of sp³-hybridized carbons (Fsp3) is 0. The lowest BCUT2D eigenvalue weighted by atomic mass is 10.3. The molecule has 2 rings (SSSR count). The molecule has 0 aliphatic heterocycles. The first-order chi connectivity index (χ1) is 5.83. The maximum absolute atomic E-state index is 6.88. The monoisotopic (exact) mass is 178 g/mol. The fourth-order valence-corrected chi connectivity index (χ4v) is 1.39. The number of H-pyrrole nitrogens is 1. The van der Waals surface area contributed by atoms with Crippen molar-refractivity contribution in [2.45, 2.75) is 0 Å². The summed E-state index contributed by atoms with van der Waals surface area (Å²) in [5.74, 6) is 0. The van der Waals surface area contributed by atoms with E-state index in [1.807, 2.05) is 24.3 Å². The van der Waals surface area contributed by atoms with Gasteiger partial charge in [-0.3, -0.25) is 0 Å². The van der Waals surface area contributed by atoms with E-state index in [4.69, 9.17) is 17.7 Å². The molecule has 60 valence electrons. The molecule has 0 unspecified atom stereocenters. The lowest BCUT2D eigenvalue weighted by Crippen LogP contribution is -1.83. The molecule has 0 bridgehead atoms. The van der Waals surface area contributed by atoms with Crippen LogP contribution in [0.5, 0.6) is 0 Å². The number of nitrogens with one attached hydrogen (secondary N) is 2. The number of rotatable bonds is 1. The second-order valence-electron chi connectivity index (χ2n) is 2.36. The number of para-hydroxylation sites is 2. The standard InChI is InChI=1S/C7H6N4S/c8-10-11-6-4-2-1-3-5(6)9-7(11)12/h1-4,8H,(H,9,12). The number of imidazole rings is 1. The molecule has 0 saturated heterocycles. The van der Waals surface area contributed by atoms with Crippen LogP contribution in [0.3, 0.4) is 0 Å². The molecule has 5 heteroatoms. The Hall–Kier alpha value is -1.49. The predicted octanol–water partition coefficient (Wildman–Crippen LogP) is 2.49. The highest BCUT2D eigenvalue weighted by atomic mass is 32.1. The normalized spacial score (nSPS) is 10.3. The summed E-state index contributed by atoms with van der Waals surface area (Å²) in [5.41, 5.74) is 8.62. The summed E-state index contributed by atoms with van der Waals surface area (Å²) >= 11 is 4.95. The van der Waals surface area contributed by atoms with Gasteiger partial charge in [-0.15, -0.1) is 0 Å². The van der Waals surface area contributed by atoms with Crippen LogP contribution in [0.1, 0.15) is 0 Å². The maximum atomic E-state index is 6.88. The number of nitrogens with zero attached hydrogens (tertiary/aromatic N) is 2. The van der Waals surface area contributed by atoms with Crippen molar-refractivity contribution >= 4 is 23.3 Å². The van der Waals surface area contributed by atoms with Crippen LogP contribution in [0.2, 0.25) is 0 Å². The van der Waals surface area contributed by atoms with Gasteiger partial charge in [0.25, 0.3) is 0 Å². The van der Waals surface area contributed by atoms with Crippen molar-refractivity contribution < 1.29 is 0 Å². The first-order valence-corrected chi connectivity index (χ1v) is 3.81. The molecular weight excluding hydrogens is 172 g/mol. The maximum Gasteiger partial charge on any atom is 0.200 e. The van der Waals surface area contributed by atoms with Crippen molar-refractivity contribution in [1.29, 1.82) is 5.53 Å². The number of fused-ring (bicyclic) bond motifs is 1. The third kappa shape index (κ3) is 0.868. The Morgan fingerprint density at radius 1 is 1.42 bits per heavy atom. The molecule has 0 radical (unpaired) electrons. The lowest BCUT2D eigenvalue weighted by Gasteiger charge is -1.89. The van der Waals surface area contributed by atoms with Gasteiger partial charge in [0, 0.05) is 0 Å². The number of benzene rings is 1. The molecule has 0 spiro atoms. The van der Waals surface area contributed by atoms with Gasteiger partial charge in [0.15, 0.2) is 0 Å². The van der Waals surface area contributed by atoms with Crippen molar-refractivity contribution in [3.8, 4) is 0 Å². The zero-order valence-electron chi connectivity index (χ0n) is 6.11. The number of aromatic nitrogens is 2. The van der Waals surface area contributed by atoms with E-state index in [-0.39, 0.29) is 0 Å². The predicted molar refractivity (Wildman–Crippen MR) is 47.7 cm³/mol. The minimum atomic E-state index is 0.450. The van der Waals surface area contributed by atoms with Gasteiger partial charge in [0.1, 0.15) is 0 Å². The number of aromatic amines is 1. The van der Waals surface area contributed by atoms with Crippen LogP contribution < -0.4 is 0 Å². The van der Waals surface area contributed by atoms with Crippen LogP contribution in [0.25, 0.3) is 11.0 Å². The highest BCUT2D eigenvalue weighted by molar-refractivity contribution is 7.71. The van der Waals surface area contributed by atoms with Gasteiger partial charge in [-0.25, -0.2) is 0 Å². The van der Waals surface area contributed by atoms with E-state index in [0.717, 1.165) is 11.0 Å². The summed E-state index contributed by atoms with van der Waals surface area (Å²) in [6.07, 6.45) is 0. The zero-order valence-corrected chi connectivity index (χ0v) is 6.93. The Labute approximate surface area is 73.3 Å². The Kier molecular flexibility index (Phi) is 1.51. The van der Waals surface area contributed by atoms with Gasteiger partial charge in [-0.2, -0.15) is 10.2 Å². The molecule has 1 aromatic heterocycles. The second-order valence-corrected chi connectivity index (χ2v) is 2.75. The molecule has 0 fully saturated rings.